The van der Waals surface area contributed by atoms with Crippen LogP contribution in [0.3, 0.4) is 0 Å². The van der Waals surface area contributed by atoms with Crippen LogP contribution in [0.2, 0.25) is 0 Å². The van der Waals surface area contributed by atoms with Gasteiger partial charge in [0.2, 0.25) is 5.91 Å². The number of carbonyl (C=O) groups excluding carboxylic acids is 2. The molecule has 0 aliphatic heterocycles. The Balaban J connectivity index is 2.76. The number of rotatable bonds is 11. The zero-order chi connectivity index (χ0) is 22.8. The number of nitrogens with one attached hydrogen (secondary N) is 3. The predicted octanol–water partition coefficient (Wildman–Crippen LogP) is 3.04. The standard InChI is InChI=1S/C24H42N4O2/c1-19(29)27-16-20-9-8-10-21(15-20)22(30)28(13-11-25-17-23(2,3)4)14-12-26-18-24(5,6)7/h8-10,15,25-26H,11-14,16-18H2,1-7H3,(H,27,29). The predicted molar refractivity (Wildman–Crippen MR) is 125 cm³/mol. The molecule has 1 rings (SSSR count). The maximum absolute atomic E-state index is 13.2. The molecule has 0 aliphatic rings. The summed E-state index contributed by atoms with van der Waals surface area (Å²) in [5.74, 6) is -0.0574. The second-order valence-corrected chi connectivity index (χ2v) is 10.4. The number of carbonyl (C=O) groups is 2. The maximum atomic E-state index is 13.2. The van der Waals surface area contributed by atoms with Crippen LogP contribution in [0.15, 0.2) is 24.3 Å². The quantitative estimate of drug-likeness (QED) is 0.483. The van der Waals surface area contributed by atoms with Gasteiger partial charge in [-0.2, -0.15) is 0 Å². The van der Waals surface area contributed by atoms with Gasteiger partial charge in [0, 0.05) is 58.3 Å². The molecule has 0 unspecified atom stereocenters. The van der Waals surface area contributed by atoms with Crippen LogP contribution in [-0.2, 0) is 11.3 Å². The Morgan fingerprint density at radius 2 is 1.43 bits per heavy atom. The molecule has 0 bridgehead atoms. The normalized spacial score (nSPS) is 12.0. The third-order valence-corrected chi connectivity index (χ3v) is 4.43. The van der Waals surface area contributed by atoms with Crippen molar-refractivity contribution < 1.29 is 9.59 Å². The Labute approximate surface area is 183 Å². The van der Waals surface area contributed by atoms with E-state index in [1.165, 1.54) is 6.92 Å². The molecule has 0 saturated heterocycles. The molecular formula is C24H42N4O2. The second kappa shape index (κ2) is 12.1. The molecule has 2 amide bonds. The summed E-state index contributed by atoms with van der Waals surface area (Å²) in [6.07, 6.45) is 0. The molecule has 3 N–H and O–H groups in total. The third-order valence-electron chi connectivity index (χ3n) is 4.43. The van der Waals surface area contributed by atoms with Crippen LogP contribution < -0.4 is 16.0 Å². The lowest BCUT2D eigenvalue weighted by atomic mass is 9.97. The van der Waals surface area contributed by atoms with E-state index in [4.69, 9.17) is 0 Å². The number of nitrogens with zero attached hydrogens (tertiary/aromatic N) is 1. The maximum Gasteiger partial charge on any atom is 0.253 e. The first-order chi connectivity index (χ1) is 13.9. The summed E-state index contributed by atoms with van der Waals surface area (Å²) in [7, 11) is 0. The largest absolute Gasteiger partial charge is 0.352 e. The number of amides is 2. The van der Waals surface area contributed by atoms with Crippen LogP contribution in [0.4, 0.5) is 0 Å². The lowest BCUT2D eigenvalue weighted by Crippen LogP contribution is -2.43. The topological polar surface area (TPSA) is 73.5 Å². The van der Waals surface area contributed by atoms with Gasteiger partial charge in [0.15, 0.2) is 0 Å². The van der Waals surface area contributed by atoms with Crippen LogP contribution in [0, 0.1) is 10.8 Å². The van der Waals surface area contributed by atoms with Crippen molar-refractivity contribution in [1.29, 1.82) is 0 Å². The fourth-order valence-electron chi connectivity index (χ4n) is 2.89. The van der Waals surface area contributed by atoms with E-state index in [1.807, 2.05) is 29.2 Å². The van der Waals surface area contributed by atoms with Crippen LogP contribution in [0.5, 0.6) is 0 Å². The van der Waals surface area contributed by atoms with Gasteiger partial charge in [0.25, 0.3) is 5.91 Å². The van der Waals surface area contributed by atoms with E-state index in [9.17, 15) is 9.59 Å². The number of hydrogen-bond donors (Lipinski definition) is 3. The molecule has 1 aromatic carbocycles. The van der Waals surface area contributed by atoms with Crippen molar-refractivity contribution in [2.45, 2.75) is 55.0 Å². The van der Waals surface area contributed by atoms with Crippen molar-refractivity contribution in [3.8, 4) is 0 Å². The lowest BCUT2D eigenvalue weighted by Gasteiger charge is -2.26. The first kappa shape index (κ1) is 26.1. The van der Waals surface area contributed by atoms with E-state index in [0.717, 1.165) is 31.7 Å². The third kappa shape index (κ3) is 11.9. The Kier molecular flexibility index (Phi) is 10.5. The van der Waals surface area contributed by atoms with Crippen molar-refractivity contribution in [2.75, 3.05) is 39.3 Å². The second-order valence-electron chi connectivity index (χ2n) is 10.4. The van der Waals surface area contributed by atoms with Crippen LogP contribution in [-0.4, -0.2) is 56.0 Å². The molecule has 0 aliphatic carbocycles. The van der Waals surface area contributed by atoms with Crippen LogP contribution in [0.1, 0.15) is 64.4 Å². The Hall–Kier alpha value is -1.92. The van der Waals surface area contributed by atoms with E-state index in [-0.39, 0.29) is 22.6 Å². The van der Waals surface area contributed by atoms with Gasteiger partial charge in [-0.25, -0.2) is 0 Å². The average molecular weight is 419 g/mol. The Bertz CT molecular complexity index is 653. The van der Waals surface area contributed by atoms with Crippen LogP contribution in [0.25, 0.3) is 0 Å². The molecule has 6 heteroatoms. The summed E-state index contributed by atoms with van der Waals surface area (Å²) >= 11 is 0. The molecule has 170 valence electrons. The van der Waals surface area contributed by atoms with Crippen molar-refractivity contribution in [2.24, 2.45) is 10.8 Å². The summed E-state index contributed by atoms with van der Waals surface area (Å²) in [4.78, 5) is 26.3. The molecular weight excluding hydrogens is 376 g/mol. The molecule has 6 nitrogen and oxygen atoms in total. The lowest BCUT2D eigenvalue weighted by molar-refractivity contribution is -0.119. The zero-order valence-corrected chi connectivity index (χ0v) is 20.0. The molecule has 30 heavy (non-hydrogen) atoms. The summed E-state index contributed by atoms with van der Waals surface area (Å²) in [5, 5.41) is 9.70. The monoisotopic (exact) mass is 418 g/mol. The van der Waals surface area contributed by atoms with E-state index in [2.05, 4.69) is 57.5 Å². The Morgan fingerprint density at radius 1 is 0.900 bits per heavy atom. The highest BCUT2D eigenvalue weighted by atomic mass is 16.2. The SMILES string of the molecule is CC(=O)NCc1cccc(C(=O)N(CCNCC(C)(C)C)CCNCC(C)(C)C)c1. The highest BCUT2D eigenvalue weighted by Gasteiger charge is 2.17. The van der Waals surface area contributed by atoms with Crippen molar-refractivity contribution in [1.82, 2.24) is 20.9 Å². The van der Waals surface area contributed by atoms with Crippen molar-refractivity contribution >= 4 is 11.8 Å². The molecule has 0 radical (unpaired) electrons. The van der Waals surface area contributed by atoms with Gasteiger partial charge in [-0.05, 0) is 28.5 Å². The molecule has 0 aromatic heterocycles. The van der Waals surface area contributed by atoms with Gasteiger partial charge >= 0.3 is 0 Å². The van der Waals surface area contributed by atoms with E-state index in [1.54, 1.807) is 0 Å². The summed E-state index contributed by atoms with van der Waals surface area (Å²) in [6.45, 7) is 19.7. The summed E-state index contributed by atoms with van der Waals surface area (Å²) in [5.41, 5.74) is 2.00. The number of benzene rings is 1. The highest BCUT2D eigenvalue weighted by molar-refractivity contribution is 5.94. The van der Waals surface area contributed by atoms with E-state index >= 15 is 0 Å². The van der Waals surface area contributed by atoms with Gasteiger partial charge in [-0.3, -0.25) is 9.59 Å². The van der Waals surface area contributed by atoms with Crippen LogP contribution >= 0.6 is 0 Å². The molecule has 0 atom stereocenters. The molecule has 0 fully saturated rings. The molecule has 0 saturated carbocycles. The van der Waals surface area contributed by atoms with Gasteiger partial charge in [-0.15, -0.1) is 0 Å². The average Bonchev–Trinajstić information content (AvgIpc) is 2.63. The summed E-state index contributed by atoms with van der Waals surface area (Å²) in [6, 6.07) is 7.51. The minimum atomic E-state index is -0.0804. The Morgan fingerprint density at radius 3 is 1.90 bits per heavy atom. The number of hydrogen-bond acceptors (Lipinski definition) is 4. The first-order valence-corrected chi connectivity index (χ1v) is 10.9. The van der Waals surface area contributed by atoms with Crippen molar-refractivity contribution in [3.63, 3.8) is 0 Å². The van der Waals surface area contributed by atoms with Gasteiger partial charge in [0.1, 0.15) is 0 Å². The van der Waals surface area contributed by atoms with E-state index < -0.39 is 0 Å². The zero-order valence-electron chi connectivity index (χ0n) is 20.0. The minimum Gasteiger partial charge on any atom is -0.352 e. The van der Waals surface area contributed by atoms with E-state index in [0.29, 0.717) is 25.2 Å². The van der Waals surface area contributed by atoms with Gasteiger partial charge < -0.3 is 20.9 Å². The highest BCUT2D eigenvalue weighted by Crippen LogP contribution is 2.12. The first-order valence-electron chi connectivity index (χ1n) is 10.9. The fourth-order valence-corrected chi connectivity index (χ4v) is 2.89. The molecule has 1 aromatic rings. The molecule has 0 spiro atoms. The van der Waals surface area contributed by atoms with Crippen molar-refractivity contribution in [3.05, 3.63) is 35.4 Å². The van der Waals surface area contributed by atoms with Gasteiger partial charge in [-0.1, -0.05) is 53.7 Å². The minimum absolute atomic E-state index is 0.0230. The van der Waals surface area contributed by atoms with Gasteiger partial charge in [0.05, 0.1) is 0 Å². The summed E-state index contributed by atoms with van der Waals surface area (Å²) < 4.78 is 0. The molecule has 0 heterocycles. The smallest absolute Gasteiger partial charge is 0.253 e. The fraction of sp³-hybridized carbons (Fsp3) is 0.667.